The van der Waals surface area contributed by atoms with Gasteiger partial charge < -0.3 is 10.2 Å². The molecule has 0 bridgehead atoms. The van der Waals surface area contributed by atoms with Gasteiger partial charge in [0.2, 0.25) is 0 Å². The highest BCUT2D eigenvalue weighted by Gasteiger charge is 2.36. The van der Waals surface area contributed by atoms with Crippen molar-refractivity contribution in [1.29, 1.82) is 10.8 Å². The van der Waals surface area contributed by atoms with E-state index >= 15 is 0 Å². The molecule has 3 N–H and O–H groups in total. The van der Waals surface area contributed by atoms with Crippen LogP contribution in [0.3, 0.4) is 0 Å². The number of rotatable bonds is 9. The number of pyridine rings is 2. The lowest BCUT2D eigenvalue weighted by molar-refractivity contribution is 0.0965. The first-order valence-corrected chi connectivity index (χ1v) is 12.0. The average molecular weight is 497 g/mol. The number of amides is 1. The third kappa shape index (κ3) is 5.78. The first-order chi connectivity index (χ1) is 17.9. The molecule has 9 nitrogen and oxygen atoms in total. The molecule has 0 spiro atoms. The number of nitrogens with one attached hydrogen (secondary N) is 3. The molecule has 1 aliphatic heterocycles. The van der Waals surface area contributed by atoms with Gasteiger partial charge in [-0.2, -0.15) is 0 Å². The largest absolute Gasteiger partial charge is 0.341 e. The van der Waals surface area contributed by atoms with Gasteiger partial charge >= 0.3 is 0 Å². The van der Waals surface area contributed by atoms with Gasteiger partial charge in [-0.1, -0.05) is 32.1 Å². The zero-order valence-electron chi connectivity index (χ0n) is 20.8. The minimum Gasteiger partial charge on any atom is -0.341 e. The standard InChI is InChI=1S/C28H30N8O.H2/c1-3-6-21(26(30)36(20-29)23-7-4-12-31-18-23)8-13-34-27(37)24-17-22(9-14-32-24)35-16-15-33-25(19-35)28(2)10-5-11-28;/h3-4,6-9,12-15,17-20,29-30H,1,5,10-11,16H2,2H3,(H,34,37);1H/b13-8+,21-6+,29-20?,30-26?;. The van der Waals surface area contributed by atoms with Crippen LogP contribution in [0.2, 0.25) is 0 Å². The van der Waals surface area contributed by atoms with Crippen molar-refractivity contribution in [2.45, 2.75) is 26.2 Å². The van der Waals surface area contributed by atoms with Crippen molar-refractivity contribution in [2.24, 2.45) is 10.4 Å². The molecule has 2 aromatic heterocycles. The van der Waals surface area contributed by atoms with Gasteiger partial charge in [-0.15, -0.1) is 0 Å². The first kappa shape index (κ1) is 25.4. The Morgan fingerprint density at radius 2 is 2.16 bits per heavy atom. The maximum atomic E-state index is 12.8. The molecule has 190 valence electrons. The molecule has 1 aliphatic carbocycles. The number of carbonyl (C=O) groups is 1. The normalized spacial score (nSPS) is 16.5. The van der Waals surface area contributed by atoms with Gasteiger partial charge in [0.1, 0.15) is 11.5 Å². The van der Waals surface area contributed by atoms with Gasteiger partial charge in [0.15, 0.2) is 0 Å². The van der Waals surface area contributed by atoms with E-state index in [0.717, 1.165) is 30.6 Å². The fourth-order valence-electron chi connectivity index (χ4n) is 4.16. The van der Waals surface area contributed by atoms with E-state index in [9.17, 15) is 4.79 Å². The van der Waals surface area contributed by atoms with Crippen LogP contribution in [0.15, 0.2) is 96.3 Å². The Labute approximate surface area is 218 Å². The lowest BCUT2D eigenvalue weighted by Gasteiger charge is -2.40. The number of hydrogen-bond acceptors (Lipinski definition) is 7. The van der Waals surface area contributed by atoms with Crippen LogP contribution in [0.25, 0.3) is 0 Å². The number of nitrogens with zero attached hydrogens (tertiary/aromatic N) is 5. The molecule has 1 saturated carbocycles. The van der Waals surface area contributed by atoms with Crippen molar-refractivity contribution in [3.63, 3.8) is 0 Å². The summed E-state index contributed by atoms with van der Waals surface area (Å²) in [5.74, 6) is -0.345. The van der Waals surface area contributed by atoms with Crippen LogP contribution < -0.4 is 15.1 Å². The minimum atomic E-state index is -0.375. The summed E-state index contributed by atoms with van der Waals surface area (Å²) in [7, 11) is 0. The predicted molar refractivity (Wildman–Crippen MR) is 150 cm³/mol. The maximum Gasteiger partial charge on any atom is 0.273 e. The van der Waals surface area contributed by atoms with Gasteiger partial charge in [-0.3, -0.25) is 35.5 Å². The van der Waals surface area contributed by atoms with Crippen molar-refractivity contribution >= 4 is 35.7 Å². The molecular formula is C28H32N8O. The van der Waals surface area contributed by atoms with Crippen LogP contribution in [0.1, 0.15) is 38.1 Å². The zero-order chi connectivity index (χ0) is 26.3. The van der Waals surface area contributed by atoms with Crippen LogP contribution in [0.4, 0.5) is 11.4 Å². The van der Waals surface area contributed by atoms with Crippen LogP contribution >= 0.6 is 0 Å². The number of aromatic nitrogens is 2. The zero-order valence-corrected chi connectivity index (χ0v) is 20.8. The van der Waals surface area contributed by atoms with Gasteiger partial charge in [0.05, 0.1) is 30.5 Å². The van der Waals surface area contributed by atoms with E-state index in [1.165, 1.54) is 17.5 Å². The summed E-state index contributed by atoms with van der Waals surface area (Å²) in [6, 6.07) is 7.11. The summed E-state index contributed by atoms with van der Waals surface area (Å²) in [6.07, 6.45) is 19.5. The highest BCUT2D eigenvalue weighted by Crippen LogP contribution is 2.47. The molecule has 2 aliphatic rings. The Morgan fingerprint density at radius 3 is 2.84 bits per heavy atom. The third-order valence-electron chi connectivity index (χ3n) is 6.51. The second-order valence-electron chi connectivity index (χ2n) is 9.02. The molecule has 2 aromatic rings. The highest BCUT2D eigenvalue weighted by molar-refractivity contribution is 6.18. The van der Waals surface area contributed by atoms with Gasteiger partial charge in [0.25, 0.3) is 5.91 Å². The Hall–Kier alpha value is -4.66. The van der Waals surface area contributed by atoms with Crippen LogP contribution in [0, 0.1) is 16.2 Å². The summed E-state index contributed by atoms with van der Waals surface area (Å²) in [5, 5.41) is 19.0. The third-order valence-corrected chi connectivity index (χ3v) is 6.51. The van der Waals surface area contributed by atoms with E-state index in [-0.39, 0.29) is 24.3 Å². The quantitative estimate of drug-likeness (QED) is 0.254. The summed E-state index contributed by atoms with van der Waals surface area (Å²) in [4.78, 5) is 29.2. The average Bonchev–Trinajstić information content (AvgIpc) is 2.92. The number of hydrogen-bond donors (Lipinski definition) is 3. The molecule has 1 fully saturated rings. The van der Waals surface area contributed by atoms with Crippen molar-refractivity contribution in [3.05, 3.63) is 97.0 Å². The van der Waals surface area contributed by atoms with E-state index in [2.05, 4.69) is 44.9 Å². The number of carbonyl (C=O) groups excluding carboxylic acids is 1. The van der Waals surface area contributed by atoms with Crippen LogP contribution in [0.5, 0.6) is 0 Å². The van der Waals surface area contributed by atoms with Crippen molar-refractivity contribution in [3.8, 4) is 0 Å². The Balaban J connectivity index is 0.00000400. The fraction of sp³-hybridized carbons (Fsp3) is 0.214. The highest BCUT2D eigenvalue weighted by atomic mass is 16.1. The van der Waals surface area contributed by atoms with E-state index < -0.39 is 0 Å². The molecule has 3 heterocycles. The summed E-state index contributed by atoms with van der Waals surface area (Å²) in [6.45, 7) is 6.58. The molecule has 4 rings (SSSR count). The number of aliphatic imine (C=N–C) groups is 1. The minimum absolute atomic E-state index is 0. The molecule has 0 unspecified atom stereocenters. The van der Waals surface area contributed by atoms with Crippen molar-refractivity contribution in [2.75, 3.05) is 16.3 Å². The Kier molecular flexibility index (Phi) is 7.83. The Morgan fingerprint density at radius 1 is 1.32 bits per heavy atom. The molecule has 0 radical (unpaired) electrons. The van der Waals surface area contributed by atoms with Gasteiger partial charge in [-0.05, 0) is 43.2 Å². The second kappa shape index (κ2) is 11.4. The summed E-state index contributed by atoms with van der Waals surface area (Å²) < 4.78 is 0. The smallest absolute Gasteiger partial charge is 0.273 e. The lowest BCUT2D eigenvalue weighted by Crippen LogP contribution is -2.32. The van der Waals surface area contributed by atoms with E-state index in [1.807, 2.05) is 12.3 Å². The van der Waals surface area contributed by atoms with E-state index in [1.54, 1.807) is 55.0 Å². The monoisotopic (exact) mass is 496 g/mol. The first-order valence-electron chi connectivity index (χ1n) is 12.0. The van der Waals surface area contributed by atoms with Crippen molar-refractivity contribution in [1.82, 2.24) is 15.3 Å². The lowest BCUT2D eigenvalue weighted by atomic mass is 9.68. The number of amidine groups is 1. The Bertz CT molecular complexity index is 1310. The summed E-state index contributed by atoms with van der Waals surface area (Å²) in [5.41, 5.74) is 3.35. The molecular weight excluding hydrogens is 464 g/mol. The van der Waals surface area contributed by atoms with Crippen LogP contribution in [-0.2, 0) is 0 Å². The molecule has 0 saturated heterocycles. The predicted octanol–water partition coefficient (Wildman–Crippen LogP) is 5.09. The van der Waals surface area contributed by atoms with Crippen LogP contribution in [-0.4, -0.2) is 40.8 Å². The molecule has 9 heteroatoms. The topological polar surface area (TPSA) is 121 Å². The maximum absolute atomic E-state index is 12.8. The molecule has 37 heavy (non-hydrogen) atoms. The SMILES string of the molecule is C=C/C=C(\C=C\NC(=O)c1cc(N2C=C(C3(C)CCC3)N=CC2)ccn1)C(=N)N(C=N)c1cccnc1.[HH]. The molecule has 0 aromatic carbocycles. The number of anilines is 2. The fourth-order valence-corrected chi connectivity index (χ4v) is 4.16. The summed E-state index contributed by atoms with van der Waals surface area (Å²) >= 11 is 0. The van der Waals surface area contributed by atoms with E-state index in [0.29, 0.717) is 17.8 Å². The van der Waals surface area contributed by atoms with E-state index in [4.69, 9.17) is 10.8 Å². The molecule has 1 amide bonds. The van der Waals surface area contributed by atoms with Gasteiger partial charge in [0, 0.05) is 49.1 Å². The number of allylic oxidation sites excluding steroid dienone is 3. The van der Waals surface area contributed by atoms with Gasteiger partial charge in [-0.25, -0.2) is 0 Å². The van der Waals surface area contributed by atoms with Crippen molar-refractivity contribution < 1.29 is 6.22 Å². The second-order valence-corrected chi connectivity index (χ2v) is 9.02. The molecule has 0 atom stereocenters.